The summed E-state index contributed by atoms with van der Waals surface area (Å²) in [4.78, 5) is 22.3. The molecule has 0 aromatic heterocycles. The quantitative estimate of drug-likeness (QED) is 0.725. The van der Waals surface area contributed by atoms with Crippen LogP contribution < -0.4 is 5.32 Å². The van der Waals surface area contributed by atoms with Crippen LogP contribution in [0.3, 0.4) is 0 Å². The molecule has 1 N–H and O–H groups in total. The van der Waals surface area contributed by atoms with E-state index in [0.29, 0.717) is 11.3 Å². The van der Waals surface area contributed by atoms with Crippen LogP contribution >= 0.6 is 0 Å². The smallest absolute Gasteiger partial charge is 0.333 e. The number of cyclic esters (lactones) is 1. The number of ether oxygens (including phenoxy) is 1. The maximum absolute atomic E-state index is 11.6. The monoisotopic (exact) mass is 203 g/mol. The molecule has 0 atom stereocenters. The highest BCUT2D eigenvalue weighted by atomic mass is 16.5. The van der Waals surface area contributed by atoms with Gasteiger partial charge >= 0.3 is 5.97 Å². The van der Waals surface area contributed by atoms with Gasteiger partial charge in [-0.2, -0.15) is 0 Å². The van der Waals surface area contributed by atoms with Gasteiger partial charge in [0.05, 0.1) is 5.70 Å². The largest absolute Gasteiger partial charge is 0.456 e. The predicted molar refractivity (Wildman–Crippen MR) is 53.0 cm³/mol. The van der Waals surface area contributed by atoms with E-state index in [-0.39, 0.29) is 12.5 Å². The first-order valence-corrected chi connectivity index (χ1v) is 4.49. The van der Waals surface area contributed by atoms with E-state index in [1.165, 1.54) is 6.08 Å². The van der Waals surface area contributed by atoms with Gasteiger partial charge in [0.2, 0.25) is 0 Å². The third-order valence-electron chi connectivity index (χ3n) is 1.97. The van der Waals surface area contributed by atoms with Crippen LogP contribution in [0.25, 0.3) is 0 Å². The molecule has 76 valence electrons. The number of benzene rings is 1. The fourth-order valence-electron chi connectivity index (χ4n) is 1.25. The fourth-order valence-corrected chi connectivity index (χ4v) is 1.25. The van der Waals surface area contributed by atoms with Gasteiger partial charge in [-0.25, -0.2) is 4.79 Å². The van der Waals surface area contributed by atoms with Gasteiger partial charge in [0, 0.05) is 11.6 Å². The summed E-state index contributed by atoms with van der Waals surface area (Å²) in [6.45, 7) is 0.136. The lowest BCUT2D eigenvalue weighted by Crippen LogP contribution is -2.23. The average Bonchev–Trinajstić information content (AvgIpc) is 2.65. The van der Waals surface area contributed by atoms with Crippen molar-refractivity contribution in [1.82, 2.24) is 5.32 Å². The molecule has 15 heavy (non-hydrogen) atoms. The molecule has 0 saturated carbocycles. The van der Waals surface area contributed by atoms with Crippen LogP contribution in [0.2, 0.25) is 0 Å². The molecule has 1 heterocycles. The highest BCUT2D eigenvalue weighted by Crippen LogP contribution is 2.04. The maximum Gasteiger partial charge on any atom is 0.333 e. The molecule has 0 spiro atoms. The van der Waals surface area contributed by atoms with Crippen LogP contribution in [0.4, 0.5) is 0 Å². The molecule has 4 nitrogen and oxygen atoms in total. The lowest BCUT2D eigenvalue weighted by atomic mass is 10.2. The van der Waals surface area contributed by atoms with Crippen molar-refractivity contribution in [3.05, 3.63) is 47.7 Å². The molecular formula is C11H9NO3. The normalized spacial score (nSPS) is 14.4. The summed E-state index contributed by atoms with van der Waals surface area (Å²) in [5.74, 6) is -0.654. The summed E-state index contributed by atoms with van der Waals surface area (Å²) in [7, 11) is 0. The molecular weight excluding hydrogens is 194 g/mol. The van der Waals surface area contributed by atoms with Crippen LogP contribution in [0.15, 0.2) is 42.1 Å². The molecule has 1 aromatic rings. The first-order valence-electron chi connectivity index (χ1n) is 4.49. The molecule has 1 aliphatic heterocycles. The van der Waals surface area contributed by atoms with Gasteiger partial charge in [-0.1, -0.05) is 18.2 Å². The fraction of sp³-hybridized carbons (Fsp3) is 0.0909. The van der Waals surface area contributed by atoms with Crippen molar-refractivity contribution < 1.29 is 14.3 Å². The Morgan fingerprint density at radius 1 is 1.27 bits per heavy atom. The molecule has 0 unspecified atom stereocenters. The Bertz CT molecular complexity index is 423. The summed E-state index contributed by atoms with van der Waals surface area (Å²) in [5.41, 5.74) is 1.05. The number of hydrogen-bond donors (Lipinski definition) is 1. The van der Waals surface area contributed by atoms with E-state index in [0.717, 1.165) is 0 Å². The molecule has 0 saturated heterocycles. The van der Waals surface area contributed by atoms with Gasteiger partial charge in [0.25, 0.3) is 5.91 Å². The van der Waals surface area contributed by atoms with E-state index in [1.807, 2.05) is 6.07 Å². The molecule has 0 fully saturated rings. The minimum Gasteiger partial charge on any atom is -0.456 e. The van der Waals surface area contributed by atoms with Gasteiger partial charge < -0.3 is 10.1 Å². The van der Waals surface area contributed by atoms with E-state index < -0.39 is 5.97 Å². The van der Waals surface area contributed by atoms with Crippen molar-refractivity contribution in [1.29, 1.82) is 0 Å². The minimum absolute atomic E-state index is 0.136. The third kappa shape index (κ3) is 2.22. The Balaban J connectivity index is 2.05. The van der Waals surface area contributed by atoms with E-state index >= 15 is 0 Å². The summed E-state index contributed by atoms with van der Waals surface area (Å²) >= 11 is 0. The first kappa shape index (κ1) is 9.45. The molecule has 0 aliphatic carbocycles. The molecule has 1 aliphatic rings. The number of esters is 1. The van der Waals surface area contributed by atoms with E-state index in [4.69, 9.17) is 0 Å². The zero-order valence-electron chi connectivity index (χ0n) is 7.90. The van der Waals surface area contributed by atoms with Gasteiger partial charge in [-0.3, -0.25) is 4.79 Å². The highest BCUT2D eigenvalue weighted by molar-refractivity contribution is 5.96. The Hall–Kier alpha value is -2.10. The SMILES string of the molecule is O=C1C=C(NC(=O)c2ccccc2)CO1. The van der Waals surface area contributed by atoms with Crippen LogP contribution in [0, 0.1) is 0 Å². The standard InChI is InChI=1S/C11H9NO3/c13-10-6-9(7-15-10)12-11(14)8-4-2-1-3-5-8/h1-6H,7H2,(H,12,14). The summed E-state index contributed by atoms with van der Waals surface area (Å²) in [5, 5.41) is 2.60. The second-order valence-corrected chi connectivity index (χ2v) is 3.10. The molecule has 2 rings (SSSR count). The average molecular weight is 203 g/mol. The Kier molecular flexibility index (Phi) is 2.49. The van der Waals surface area contributed by atoms with Gasteiger partial charge in [-0.15, -0.1) is 0 Å². The van der Waals surface area contributed by atoms with Crippen molar-refractivity contribution in [2.75, 3.05) is 6.61 Å². The number of nitrogens with one attached hydrogen (secondary N) is 1. The second kappa shape index (κ2) is 3.96. The van der Waals surface area contributed by atoms with E-state index in [1.54, 1.807) is 24.3 Å². The van der Waals surface area contributed by atoms with E-state index in [2.05, 4.69) is 10.1 Å². The second-order valence-electron chi connectivity index (χ2n) is 3.10. The topological polar surface area (TPSA) is 55.4 Å². The van der Waals surface area contributed by atoms with Crippen molar-refractivity contribution in [2.45, 2.75) is 0 Å². The summed E-state index contributed by atoms with van der Waals surface area (Å²) in [6, 6.07) is 8.79. The first-order chi connectivity index (χ1) is 7.25. The van der Waals surface area contributed by atoms with Gasteiger partial charge in [-0.05, 0) is 12.1 Å². The van der Waals surface area contributed by atoms with Crippen LogP contribution in [-0.2, 0) is 9.53 Å². The minimum atomic E-state index is -0.418. The summed E-state index contributed by atoms with van der Waals surface area (Å²) < 4.78 is 4.66. The Morgan fingerprint density at radius 3 is 2.60 bits per heavy atom. The molecule has 0 bridgehead atoms. The highest BCUT2D eigenvalue weighted by Gasteiger charge is 2.15. The van der Waals surface area contributed by atoms with Crippen LogP contribution in [0.1, 0.15) is 10.4 Å². The number of rotatable bonds is 2. The van der Waals surface area contributed by atoms with Crippen molar-refractivity contribution >= 4 is 11.9 Å². The number of carbonyl (C=O) groups is 2. The molecule has 1 aromatic carbocycles. The van der Waals surface area contributed by atoms with E-state index in [9.17, 15) is 9.59 Å². The zero-order valence-corrected chi connectivity index (χ0v) is 7.90. The molecule has 4 heteroatoms. The lowest BCUT2D eigenvalue weighted by Gasteiger charge is -2.03. The molecule has 1 amide bonds. The Labute approximate surface area is 86.5 Å². The van der Waals surface area contributed by atoms with Crippen molar-refractivity contribution in [3.8, 4) is 0 Å². The maximum atomic E-state index is 11.6. The number of hydrogen-bond acceptors (Lipinski definition) is 3. The van der Waals surface area contributed by atoms with Gasteiger partial charge in [0.15, 0.2) is 0 Å². The van der Waals surface area contributed by atoms with Crippen molar-refractivity contribution in [3.63, 3.8) is 0 Å². The number of carbonyl (C=O) groups excluding carboxylic acids is 2. The third-order valence-corrected chi connectivity index (χ3v) is 1.97. The van der Waals surface area contributed by atoms with Crippen LogP contribution in [-0.4, -0.2) is 18.5 Å². The molecule has 0 radical (unpaired) electrons. The predicted octanol–water partition coefficient (Wildman–Crippen LogP) is 0.857. The van der Waals surface area contributed by atoms with Crippen LogP contribution in [0.5, 0.6) is 0 Å². The zero-order chi connectivity index (χ0) is 10.7. The lowest BCUT2D eigenvalue weighted by molar-refractivity contribution is -0.134. The van der Waals surface area contributed by atoms with Gasteiger partial charge in [0.1, 0.15) is 6.61 Å². The number of amides is 1. The Morgan fingerprint density at radius 2 is 2.00 bits per heavy atom. The van der Waals surface area contributed by atoms with Crippen molar-refractivity contribution in [2.24, 2.45) is 0 Å². The summed E-state index contributed by atoms with van der Waals surface area (Å²) in [6.07, 6.45) is 1.28.